The molecule has 2 aliphatic carbocycles. The Balaban J connectivity index is 0.00000211. The van der Waals surface area contributed by atoms with Crippen molar-refractivity contribution >= 4 is 34.9 Å². The third kappa shape index (κ3) is 9.07. The van der Waals surface area contributed by atoms with Gasteiger partial charge in [0.25, 0.3) is 5.56 Å². The van der Waals surface area contributed by atoms with E-state index in [-0.39, 0.29) is 66.3 Å². The Kier molecular flexibility index (Phi) is 11.8. The number of anilines is 3. The lowest BCUT2D eigenvalue weighted by Gasteiger charge is -2.42. The summed E-state index contributed by atoms with van der Waals surface area (Å²) in [6, 6.07) is 18.8. The van der Waals surface area contributed by atoms with Gasteiger partial charge in [-0.3, -0.25) is 29.4 Å². The second kappa shape index (κ2) is 17.5. The first-order valence-corrected chi connectivity index (χ1v) is 20.6. The summed E-state index contributed by atoms with van der Waals surface area (Å²) >= 11 is 0. The molecule has 2 aliphatic heterocycles. The number of nitrogens with one attached hydrogen (secondary N) is 5. The summed E-state index contributed by atoms with van der Waals surface area (Å²) in [6.07, 6.45) is 9.27. The van der Waals surface area contributed by atoms with Crippen LogP contribution in [0.25, 0.3) is 22.4 Å². The Morgan fingerprint density at radius 2 is 1.52 bits per heavy atom. The zero-order valence-electron chi connectivity index (χ0n) is 32.4. The summed E-state index contributed by atoms with van der Waals surface area (Å²) in [6.45, 7) is 3.07. The number of piperazine rings is 1. The van der Waals surface area contributed by atoms with E-state index in [2.05, 4.69) is 41.0 Å². The van der Waals surface area contributed by atoms with Crippen LogP contribution in [0, 0.1) is 17.6 Å². The number of imide groups is 1. The number of halogens is 2. The minimum absolute atomic E-state index is 0. The lowest BCUT2D eigenvalue weighted by Crippen LogP contribution is -2.52. The Bertz CT molecular complexity index is 2220. The smallest absolute Gasteiger partial charge is 0.255 e. The van der Waals surface area contributed by atoms with Crippen LogP contribution in [0.5, 0.6) is 0 Å². The van der Waals surface area contributed by atoms with Gasteiger partial charge < -0.3 is 25.8 Å². The predicted octanol–water partition coefficient (Wildman–Crippen LogP) is 7.05. The van der Waals surface area contributed by atoms with E-state index >= 15 is 8.78 Å². The van der Waals surface area contributed by atoms with Crippen LogP contribution in [-0.2, 0) is 14.4 Å². The fraction of sp³-hybridized carbons (Fsp3) is 0.432. The van der Waals surface area contributed by atoms with Crippen LogP contribution in [-0.4, -0.2) is 82.9 Å². The van der Waals surface area contributed by atoms with Gasteiger partial charge in [-0.1, -0.05) is 18.2 Å². The summed E-state index contributed by atoms with van der Waals surface area (Å²) in [7, 11) is 0. The number of pyridine rings is 2. The highest BCUT2D eigenvalue weighted by Crippen LogP contribution is 2.32. The molecular weight excluding hydrogens is 743 g/mol. The summed E-state index contributed by atoms with van der Waals surface area (Å²) in [4.78, 5) is 61.1. The van der Waals surface area contributed by atoms with Gasteiger partial charge in [0.05, 0.1) is 5.69 Å². The van der Waals surface area contributed by atoms with Crippen molar-refractivity contribution in [1.29, 1.82) is 0 Å². The SMILES string of the molecule is O=C1CCC(Nc2ccc(N3CCN(C4CCC(C(=O)NC5CCC(Nc6ccc(F)c(-c7cccc(-c8ccc[nH]c8=O)c7)n6)CC5)CC4)CC3)c(F)c2)C(=O)N1.[HH].[HH].[HH].[HH].[HH]. The number of H-pyrrole nitrogens is 1. The lowest BCUT2D eigenvalue weighted by molar-refractivity contribution is -0.133. The molecule has 58 heavy (non-hydrogen) atoms. The fourth-order valence-electron chi connectivity index (χ4n) is 9.03. The molecule has 12 nitrogen and oxygen atoms in total. The van der Waals surface area contributed by atoms with Gasteiger partial charge in [-0.2, -0.15) is 0 Å². The molecular formula is C44H60F2N8O4. The van der Waals surface area contributed by atoms with Crippen molar-refractivity contribution in [3.8, 4) is 22.4 Å². The summed E-state index contributed by atoms with van der Waals surface area (Å²) in [5.41, 5.74) is 2.84. The number of benzene rings is 2. The average Bonchev–Trinajstić information content (AvgIpc) is 3.24. The number of rotatable bonds is 10. The van der Waals surface area contributed by atoms with Crippen molar-refractivity contribution in [2.45, 2.75) is 88.4 Å². The highest BCUT2D eigenvalue weighted by molar-refractivity contribution is 6.01. The number of piperidine rings is 1. The molecule has 4 fully saturated rings. The van der Waals surface area contributed by atoms with Crippen LogP contribution in [0.1, 0.15) is 71.3 Å². The van der Waals surface area contributed by atoms with E-state index < -0.39 is 11.9 Å². The van der Waals surface area contributed by atoms with Crippen molar-refractivity contribution in [3.05, 3.63) is 94.9 Å². The van der Waals surface area contributed by atoms with Gasteiger partial charge in [-0.05, 0) is 112 Å². The van der Waals surface area contributed by atoms with E-state index in [4.69, 9.17) is 0 Å². The molecule has 2 aromatic carbocycles. The van der Waals surface area contributed by atoms with Gasteiger partial charge in [0.1, 0.15) is 29.2 Å². The number of aromatic amines is 1. The van der Waals surface area contributed by atoms with Crippen molar-refractivity contribution in [2.24, 2.45) is 5.92 Å². The van der Waals surface area contributed by atoms with Crippen molar-refractivity contribution in [1.82, 2.24) is 25.5 Å². The maximum absolute atomic E-state index is 15.2. The normalized spacial score (nSPS) is 24.2. The Hall–Kier alpha value is -5.63. The number of hydrogen-bond donors (Lipinski definition) is 5. The molecule has 1 atom stereocenters. The number of carbonyl (C=O) groups is 3. The number of amides is 3. The van der Waals surface area contributed by atoms with Crippen LogP contribution in [0.3, 0.4) is 0 Å². The molecule has 3 amide bonds. The standard InChI is InChI=1S/C44H50F2N8O4.5H2/c45-35-15-18-39(51-41(35)29-4-1-3-28(25-29)34-5-2-20-47-43(34)57)49-30-8-10-31(11-9-30)50-42(56)27-6-13-33(14-7-27)53-21-23-54(24-22-53)38-17-12-32(26-36(38)46)48-37-16-19-40(55)52-44(37)58;;;;;/h1-5,12,15,17-18,20,25-27,30-31,33,37,48H,6-11,13-14,16,19,21-24H2,(H,47,57)(H,49,51)(H,50,56)(H,52,55,58);5*1H. The zero-order valence-corrected chi connectivity index (χ0v) is 32.4. The molecule has 314 valence electrons. The number of carbonyl (C=O) groups excluding carboxylic acids is 3. The highest BCUT2D eigenvalue weighted by atomic mass is 19.1. The molecule has 1 unspecified atom stereocenters. The summed E-state index contributed by atoms with van der Waals surface area (Å²) in [5, 5.41) is 12.2. The van der Waals surface area contributed by atoms with Crippen molar-refractivity contribution < 1.29 is 30.3 Å². The van der Waals surface area contributed by atoms with Gasteiger partial charge in [0.15, 0.2) is 0 Å². The quantitative estimate of drug-likeness (QED) is 0.106. The molecule has 5 N–H and O–H groups in total. The van der Waals surface area contributed by atoms with Gasteiger partial charge in [0.2, 0.25) is 17.7 Å². The van der Waals surface area contributed by atoms with E-state index in [1.54, 1.807) is 54.7 Å². The molecule has 2 saturated heterocycles. The highest BCUT2D eigenvalue weighted by Gasteiger charge is 2.33. The van der Waals surface area contributed by atoms with Crippen LogP contribution in [0.2, 0.25) is 0 Å². The van der Waals surface area contributed by atoms with Gasteiger partial charge in [-0.25, -0.2) is 13.8 Å². The largest absolute Gasteiger partial charge is 0.374 e. The Morgan fingerprint density at radius 1 is 0.759 bits per heavy atom. The van der Waals surface area contributed by atoms with E-state index in [0.29, 0.717) is 59.4 Å². The molecule has 4 aliphatic rings. The molecule has 2 aromatic heterocycles. The molecule has 4 heterocycles. The minimum atomic E-state index is -0.563. The van der Waals surface area contributed by atoms with Crippen LogP contribution in [0.15, 0.2) is 77.7 Å². The monoisotopic (exact) mass is 802 g/mol. The summed E-state index contributed by atoms with van der Waals surface area (Å²) in [5.74, 6) is -0.708. The first kappa shape index (κ1) is 39.2. The first-order valence-electron chi connectivity index (χ1n) is 20.6. The lowest BCUT2D eigenvalue weighted by atomic mass is 9.83. The van der Waals surface area contributed by atoms with E-state index in [9.17, 15) is 19.2 Å². The van der Waals surface area contributed by atoms with Crippen LogP contribution in [0.4, 0.5) is 26.0 Å². The van der Waals surface area contributed by atoms with E-state index in [1.807, 2.05) is 6.07 Å². The topological polar surface area (TPSA) is 152 Å². The van der Waals surface area contributed by atoms with Crippen molar-refractivity contribution in [3.63, 3.8) is 0 Å². The number of hydrogen-bond acceptors (Lipinski definition) is 9. The first-order chi connectivity index (χ1) is 28.2. The zero-order chi connectivity index (χ0) is 40.2. The summed E-state index contributed by atoms with van der Waals surface area (Å²) < 4.78 is 30.2. The molecule has 14 heteroatoms. The van der Waals surface area contributed by atoms with Crippen LogP contribution < -0.4 is 31.7 Å². The van der Waals surface area contributed by atoms with Gasteiger partial charge >= 0.3 is 0 Å². The molecule has 8 rings (SSSR count). The average molecular weight is 803 g/mol. The maximum atomic E-state index is 15.2. The Morgan fingerprint density at radius 3 is 2.26 bits per heavy atom. The molecule has 0 spiro atoms. The third-order valence-electron chi connectivity index (χ3n) is 12.3. The number of aromatic nitrogens is 2. The maximum Gasteiger partial charge on any atom is 0.255 e. The van der Waals surface area contributed by atoms with Gasteiger partial charge in [0, 0.05) is 86.8 Å². The molecule has 4 aromatic rings. The number of nitrogens with zero attached hydrogens (tertiary/aromatic N) is 3. The predicted molar refractivity (Wildman–Crippen MR) is 230 cm³/mol. The fourth-order valence-corrected chi connectivity index (χ4v) is 9.03. The third-order valence-corrected chi connectivity index (χ3v) is 12.3. The molecule has 0 bridgehead atoms. The van der Waals surface area contributed by atoms with E-state index in [0.717, 1.165) is 64.5 Å². The second-order valence-corrected chi connectivity index (χ2v) is 16.1. The van der Waals surface area contributed by atoms with Gasteiger partial charge in [-0.15, -0.1) is 0 Å². The minimum Gasteiger partial charge on any atom is -0.374 e. The molecule has 0 radical (unpaired) electrons. The van der Waals surface area contributed by atoms with Crippen molar-refractivity contribution in [2.75, 3.05) is 41.7 Å². The van der Waals surface area contributed by atoms with E-state index in [1.165, 1.54) is 12.1 Å². The Labute approximate surface area is 343 Å². The molecule has 2 saturated carbocycles. The van der Waals surface area contributed by atoms with Crippen LogP contribution >= 0.6 is 0 Å². The second-order valence-electron chi connectivity index (χ2n) is 16.1.